The topological polar surface area (TPSA) is 71.1 Å². The van der Waals surface area contributed by atoms with Crippen LogP contribution in [0.1, 0.15) is 25.9 Å². The first-order valence-corrected chi connectivity index (χ1v) is 7.36. The second-order valence-corrected chi connectivity index (χ2v) is 5.78. The number of aromatic nitrogens is 1. The van der Waals surface area contributed by atoms with Crippen molar-refractivity contribution in [3.63, 3.8) is 0 Å². The Morgan fingerprint density at radius 1 is 1.29 bits per heavy atom. The third-order valence-corrected chi connectivity index (χ3v) is 4.04. The van der Waals surface area contributed by atoms with Gasteiger partial charge in [-0.1, -0.05) is 12.1 Å². The first-order chi connectivity index (χ1) is 9.99. The van der Waals surface area contributed by atoms with E-state index < -0.39 is 0 Å². The summed E-state index contributed by atoms with van der Waals surface area (Å²) in [6, 6.07) is 7.60. The molecule has 1 aromatic carbocycles. The SMILES string of the molecule is CNC(=O)c1sc(CC(=O)Nc2cccc(C)c2)nc1C. The van der Waals surface area contributed by atoms with Crippen LogP contribution in [0.2, 0.25) is 0 Å². The van der Waals surface area contributed by atoms with E-state index in [0.717, 1.165) is 11.3 Å². The number of carbonyl (C=O) groups excluding carboxylic acids is 2. The molecular weight excluding hydrogens is 286 g/mol. The molecule has 21 heavy (non-hydrogen) atoms. The maximum Gasteiger partial charge on any atom is 0.263 e. The number of carbonyl (C=O) groups is 2. The minimum absolute atomic E-state index is 0.141. The van der Waals surface area contributed by atoms with Crippen LogP contribution in [0, 0.1) is 13.8 Å². The van der Waals surface area contributed by atoms with Crippen LogP contribution in [0.4, 0.5) is 5.69 Å². The normalized spacial score (nSPS) is 10.2. The summed E-state index contributed by atoms with van der Waals surface area (Å²) >= 11 is 1.25. The molecule has 1 aromatic heterocycles. The molecule has 0 atom stereocenters. The minimum atomic E-state index is -0.171. The number of nitrogens with zero attached hydrogens (tertiary/aromatic N) is 1. The minimum Gasteiger partial charge on any atom is -0.354 e. The van der Waals surface area contributed by atoms with Crippen LogP contribution in [-0.2, 0) is 11.2 Å². The zero-order valence-electron chi connectivity index (χ0n) is 12.2. The van der Waals surface area contributed by atoms with E-state index in [9.17, 15) is 9.59 Å². The van der Waals surface area contributed by atoms with Crippen molar-refractivity contribution in [1.29, 1.82) is 0 Å². The van der Waals surface area contributed by atoms with Crippen molar-refractivity contribution in [1.82, 2.24) is 10.3 Å². The van der Waals surface area contributed by atoms with Gasteiger partial charge >= 0.3 is 0 Å². The average Bonchev–Trinajstić information content (AvgIpc) is 2.78. The summed E-state index contributed by atoms with van der Waals surface area (Å²) in [7, 11) is 1.58. The quantitative estimate of drug-likeness (QED) is 0.910. The van der Waals surface area contributed by atoms with E-state index in [-0.39, 0.29) is 18.2 Å². The fraction of sp³-hybridized carbons (Fsp3) is 0.267. The van der Waals surface area contributed by atoms with E-state index in [2.05, 4.69) is 15.6 Å². The van der Waals surface area contributed by atoms with Gasteiger partial charge in [0, 0.05) is 12.7 Å². The molecule has 1 heterocycles. The van der Waals surface area contributed by atoms with Crippen LogP contribution in [-0.4, -0.2) is 23.8 Å². The number of hydrogen-bond acceptors (Lipinski definition) is 4. The molecule has 0 saturated heterocycles. The molecule has 2 N–H and O–H groups in total. The Morgan fingerprint density at radius 3 is 2.71 bits per heavy atom. The molecule has 0 saturated carbocycles. The van der Waals surface area contributed by atoms with Gasteiger partial charge in [0.15, 0.2) is 0 Å². The summed E-state index contributed by atoms with van der Waals surface area (Å²) in [6.45, 7) is 3.73. The Hall–Kier alpha value is -2.21. The van der Waals surface area contributed by atoms with Crippen molar-refractivity contribution >= 4 is 28.8 Å². The van der Waals surface area contributed by atoms with Gasteiger partial charge in [-0.2, -0.15) is 0 Å². The second kappa shape index (κ2) is 6.49. The van der Waals surface area contributed by atoms with Gasteiger partial charge < -0.3 is 10.6 Å². The van der Waals surface area contributed by atoms with Gasteiger partial charge in [-0.3, -0.25) is 9.59 Å². The summed E-state index contributed by atoms with van der Waals surface area (Å²) in [5, 5.41) is 6.03. The Kier molecular flexibility index (Phi) is 4.70. The Morgan fingerprint density at radius 2 is 2.05 bits per heavy atom. The summed E-state index contributed by atoms with van der Waals surface area (Å²) in [4.78, 5) is 28.5. The van der Waals surface area contributed by atoms with Crippen LogP contribution in [0.25, 0.3) is 0 Å². The van der Waals surface area contributed by atoms with Crippen molar-refractivity contribution in [3.05, 3.63) is 45.4 Å². The lowest BCUT2D eigenvalue weighted by atomic mass is 10.2. The molecule has 6 heteroatoms. The van der Waals surface area contributed by atoms with Crippen LogP contribution in [0.3, 0.4) is 0 Å². The second-order valence-electron chi connectivity index (χ2n) is 4.70. The zero-order chi connectivity index (χ0) is 15.4. The molecule has 0 radical (unpaired) electrons. The van der Waals surface area contributed by atoms with Crippen LogP contribution >= 0.6 is 11.3 Å². The highest BCUT2D eigenvalue weighted by molar-refractivity contribution is 7.13. The van der Waals surface area contributed by atoms with Crippen molar-refractivity contribution in [3.8, 4) is 0 Å². The predicted molar refractivity (Wildman–Crippen MR) is 83.8 cm³/mol. The summed E-state index contributed by atoms with van der Waals surface area (Å²) < 4.78 is 0. The van der Waals surface area contributed by atoms with E-state index in [1.54, 1.807) is 14.0 Å². The first-order valence-electron chi connectivity index (χ1n) is 6.54. The molecule has 0 aliphatic heterocycles. The number of rotatable bonds is 4. The van der Waals surface area contributed by atoms with E-state index in [1.807, 2.05) is 31.2 Å². The summed E-state index contributed by atoms with van der Waals surface area (Å²) in [5.41, 5.74) is 2.50. The lowest BCUT2D eigenvalue weighted by molar-refractivity contribution is -0.115. The Balaban J connectivity index is 2.05. The molecule has 2 amide bonds. The molecule has 0 aliphatic carbocycles. The summed E-state index contributed by atoms with van der Waals surface area (Å²) in [6.07, 6.45) is 0.163. The van der Waals surface area contributed by atoms with Gasteiger partial charge in [0.2, 0.25) is 5.91 Å². The highest BCUT2D eigenvalue weighted by Crippen LogP contribution is 2.19. The maximum absolute atomic E-state index is 12.0. The van der Waals surface area contributed by atoms with Gasteiger partial charge in [-0.05, 0) is 31.5 Å². The smallest absolute Gasteiger partial charge is 0.263 e. The fourth-order valence-electron chi connectivity index (χ4n) is 1.92. The standard InChI is InChI=1S/C15H17N3O2S/c1-9-5-4-6-11(7-9)18-12(19)8-13-17-10(2)14(21-13)15(20)16-3/h4-7H,8H2,1-3H3,(H,16,20)(H,18,19). The molecular formula is C15H17N3O2S. The molecule has 0 aliphatic rings. The number of aryl methyl sites for hydroxylation is 2. The third-order valence-electron chi connectivity index (χ3n) is 2.89. The largest absolute Gasteiger partial charge is 0.354 e. The lowest BCUT2D eigenvalue weighted by Crippen LogP contribution is -2.17. The lowest BCUT2D eigenvalue weighted by Gasteiger charge is -2.04. The molecule has 5 nitrogen and oxygen atoms in total. The number of nitrogens with one attached hydrogen (secondary N) is 2. The third kappa shape index (κ3) is 3.88. The van der Waals surface area contributed by atoms with E-state index >= 15 is 0 Å². The molecule has 0 unspecified atom stereocenters. The maximum atomic E-state index is 12.0. The highest BCUT2D eigenvalue weighted by atomic mass is 32.1. The van der Waals surface area contributed by atoms with Crippen molar-refractivity contribution in [2.75, 3.05) is 12.4 Å². The van der Waals surface area contributed by atoms with Crippen LogP contribution in [0.5, 0.6) is 0 Å². The van der Waals surface area contributed by atoms with Crippen molar-refractivity contribution in [2.24, 2.45) is 0 Å². The monoisotopic (exact) mass is 303 g/mol. The van der Waals surface area contributed by atoms with E-state index in [0.29, 0.717) is 15.6 Å². The zero-order valence-corrected chi connectivity index (χ0v) is 13.0. The molecule has 0 spiro atoms. The molecule has 0 bridgehead atoms. The Labute approximate surface area is 127 Å². The number of hydrogen-bond donors (Lipinski definition) is 2. The average molecular weight is 303 g/mol. The predicted octanol–water partition coefficient (Wildman–Crippen LogP) is 2.30. The fourth-order valence-corrected chi connectivity index (χ4v) is 2.93. The number of thiazole rings is 1. The van der Waals surface area contributed by atoms with Gasteiger partial charge in [0.05, 0.1) is 12.1 Å². The number of anilines is 1. The van der Waals surface area contributed by atoms with Gasteiger partial charge in [0.25, 0.3) is 5.91 Å². The molecule has 110 valence electrons. The molecule has 2 rings (SSSR count). The Bertz CT molecular complexity index is 679. The molecule has 2 aromatic rings. The van der Waals surface area contributed by atoms with Crippen LogP contribution in [0.15, 0.2) is 24.3 Å². The van der Waals surface area contributed by atoms with Crippen molar-refractivity contribution in [2.45, 2.75) is 20.3 Å². The summed E-state index contributed by atoms with van der Waals surface area (Å²) in [5.74, 6) is -0.312. The van der Waals surface area contributed by atoms with E-state index in [4.69, 9.17) is 0 Å². The van der Waals surface area contributed by atoms with Gasteiger partial charge in [-0.15, -0.1) is 11.3 Å². The van der Waals surface area contributed by atoms with Gasteiger partial charge in [0.1, 0.15) is 9.88 Å². The number of amides is 2. The van der Waals surface area contributed by atoms with E-state index in [1.165, 1.54) is 11.3 Å². The number of benzene rings is 1. The van der Waals surface area contributed by atoms with Crippen LogP contribution < -0.4 is 10.6 Å². The first kappa shape index (κ1) is 15.2. The van der Waals surface area contributed by atoms with Gasteiger partial charge in [-0.25, -0.2) is 4.98 Å². The highest BCUT2D eigenvalue weighted by Gasteiger charge is 2.15. The van der Waals surface area contributed by atoms with Crippen molar-refractivity contribution < 1.29 is 9.59 Å². The molecule has 0 fully saturated rings.